The third-order valence-electron chi connectivity index (χ3n) is 2.18. The quantitative estimate of drug-likeness (QED) is 0.647. The fourth-order valence-corrected chi connectivity index (χ4v) is 1.34. The molecule has 0 saturated carbocycles. The summed E-state index contributed by atoms with van der Waals surface area (Å²) in [4.78, 5) is 0. The van der Waals surface area contributed by atoms with Crippen LogP contribution in [0.3, 0.4) is 0 Å². The number of nitrogens with one attached hydrogen (secondary N) is 1. The van der Waals surface area contributed by atoms with Gasteiger partial charge in [0.15, 0.2) is 0 Å². The highest BCUT2D eigenvalue weighted by Gasteiger charge is 2.30. The summed E-state index contributed by atoms with van der Waals surface area (Å²) >= 11 is 0. The number of hydrogen-bond acceptors (Lipinski definition) is 2. The van der Waals surface area contributed by atoms with Crippen molar-refractivity contribution in [3.8, 4) is 18.1 Å². The normalized spacial score (nSPS) is 12.8. The minimum absolute atomic E-state index is 0.171. The molecule has 0 bridgehead atoms. The Morgan fingerprint density at radius 2 is 1.94 bits per heavy atom. The van der Waals surface area contributed by atoms with Gasteiger partial charge in [-0.2, -0.15) is 13.2 Å². The third-order valence-corrected chi connectivity index (χ3v) is 2.18. The molecule has 0 spiro atoms. The highest BCUT2D eigenvalue weighted by atomic mass is 19.4. The monoisotopic (exact) mass is 257 g/mol. The van der Waals surface area contributed by atoms with E-state index in [1.54, 1.807) is 6.92 Å². The summed E-state index contributed by atoms with van der Waals surface area (Å²) in [6, 6.07) is 4.61. The van der Waals surface area contributed by atoms with Crippen LogP contribution in [0.1, 0.15) is 12.5 Å². The van der Waals surface area contributed by atoms with E-state index < -0.39 is 11.7 Å². The van der Waals surface area contributed by atoms with Crippen LogP contribution in [0, 0.1) is 12.3 Å². The van der Waals surface area contributed by atoms with E-state index >= 15 is 0 Å². The molecule has 0 heterocycles. The van der Waals surface area contributed by atoms with Crippen LogP contribution < -0.4 is 10.1 Å². The molecule has 0 fully saturated rings. The minimum Gasteiger partial charge on any atom is -0.489 e. The lowest BCUT2D eigenvalue weighted by Crippen LogP contribution is -2.29. The Balaban J connectivity index is 2.51. The molecule has 0 aliphatic rings. The van der Waals surface area contributed by atoms with Crippen LogP contribution in [0.4, 0.5) is 13.2 Å². The molecule has 0 aromatic heterocycles. The lowest BCUT2D eigenvalue weighted by atomic mass is 10.2. The molecule has 5 heteroatoms. The van der Waals surface area contributed by atoms with Gasteiger partial charge >= 0.3 is 6.18 Å². The first-order valence-electron chi connectivity index (χ1n) is 5.41. The number of ether oxygens (including phenoxy) is 1. The van der Waals surface area contributed by atoms with Gasteiger partial charge in [0, 0.05) is 6.54 Å². The van der Waals surface area contributed by atoms with Crippen molar-refractivity contribution in [1.82, 2.24) is 5.32 Å². The van der Waals surface area contributed by atoms with Crippen molar-refractivity contribution in [2.45, 2.75) is 19.2 Å². The first kappa shape index (κ1) is 14.4. The molecule has 1 aromatic rings. The first-order valence-corrected chi connectivity index (χ1v) is 5.41. The van der Waals surface area contributed by atoms with Crippen molar-refractivity contribution in [3.05, 3.63) is 29.8 Å². The van der Waals surface area contributed by atoms with E-state index in [-0.39, 0.29) is 6.10 Å². The summed E-state index contributed by atoms with van der Waals surface area (Å²) in [7, 11) is 0. The number of benzene rings is 1. The summed E-state index contributed by atoms with van der Waals surface area (Å²) in [6.07, 6.45) is 0.573. The average molecular weight is 257 g/mol. The zero-order valence-corrected chi connectivity index (χ0v) is 9.92. The van der Waals surface area contributed by atoms with Gasteiger partial charge in [0.1, 0.15) is 11.9 Å². The zero-order chi connectivity index (χ0) is 13.6. The van der Waals surface area contributed by atoms with E-state index in [4.69, 9.17) is 11.2 Å². The minimum atomic E-state index is -4.32. The number of alkyl halides is 3. The second kappa shape index (κ2) is 6.31. The number of terminal acetylenes is 1. The van der Waals surface area contributed by atoms with E-state index in [0.29, 0.717) is 18.8 Å². The van der Waals surface area contributed by atoms with Crippen LogP contribution in [0.5, 0.6) is 5.75 Å². The molecule has 2 nitrogen and oxygen atoms in total. The van der Waals surface area contributed by atoms with Crippen LogP contribution >= 0.6 is 0 Å². The van der Waals surface area contributed by atoms with E-state index in [0.717, 1.165) is 12.1 Å². The molecule has 0 aliphatic heterocycles. The lowest BCUT2D eigenvalue weighted by Gasteiger charge is -2.15. The summed E-state index contributed by atoms with van der Waals surface area (Å²) in [5.41, 5.74) is -0.687. The maximum Gasteiger partial charge on any atom is 0.416 e. The number of rotatable bonds is 5. The predicted octanol–water partition coefficient (Wildman–Crippen LogP) is 2.70. The summed E-state index contributed by atoms with van der Waals surface area (Å²) in [5.74, 6) is 2.82. The van der Waals surface area contributed by atoms with E-state index in [1.165, 1.54) is 12.1 Å². The van der Waals surface area contributed by atoms with Gasteiger partial charge < -0.3 is 10.1 Å². The van der Waals surface area contributed by atoms with Gasteiger partial charge in [-0.25, -0.2) is 0 Å². The molecule has 1 rings (SSSR count). The topological polar surface area (TPSA) is 21.3 Å². The second-order valence-electron chi connectivity index (χ2n) is 3.79. The Morgan fingerprint density at radius 3 is 2.44 bits per heavy atom. The molecule has 98 valence electrons. The van der Waals surface area contributed by atoms with Crippen LogP contribution in [-0.4, -0.2) is 19.2 Å². The first-order chi connectivity index (χ1) is 8.43. The summed E-state index contributed by atoms with van der Waals surface area (Å²) in [5, 5.41) is 2.95. The van der Waals surface area contributed by atoms with Gasteiger partial charge in [-0.15, -0.1) is 6.42 Å². The highest BCUT2D eigenvalue weighted by molar-refractivity contribution is 5.29. The Kier molecular flexibility index (Phi) is 5.05. The summed E-state index contributed by atoms with van der Waals surface area (Å²) < 4.78 is 42.4. The van der Waals surface area contributed by atoms with Crippen molar-refractivity contribution in [2.24, 2.45) is 0 Å². The van der Waals surface area contributed by atoms with E-state index in [1.807, 2.05) is 0 Å². The average Bonchev–Trinajstić information content (AvgIpc) is 2.29. The molecule has 0 amide bonds. The fraction of sp³-hybridized carbons (Fsp3) is 0.385. The highest BCUT2D eigenvalue weighted by Crippen LogP contribution is 2.30. The zero-order valence-electron chi connectivity index (χ0n) is 9.92. The van der Waals surface area contributed by atoms with Gasteiger partial charge in [0.25, 0.3) is 0 Å². The standard InChI is InChI=1S/C13H14F3NO/c1-3-8-17-9-10(2)18-12-6-4-11(5-7-12)13(14,15)16/h1,4-7,10,17H,8-9H2,2H3. The molecule has 1 atom stereocenters. The smallest absolute Gasteiger partial charge is 0.416 e. The van der Waals surface area contributed by atoms with Crippen LogP contribution in [-0.2, 0) is 6.18 Å². The van der Waals surface area contributed by atoms with Gasteiger partial charge in [-0.05, 0) is 31.2 Å². The Bertz CT molecular complexity index is 406. The van der Waals surface area contributed by atoms with Crippen molar-refractivity contribution in [2.75, 3.05) is 13.1 Å². The molecule has 0 saturated heterocycles. The Morgan fingerprint density at radius 1 is 1.33 bits per heavy atom. The van der Waals surface area contributed by atoms with Gasteiger partial charge in [-0.1, -0.05) is 5.92 Å². The SMILES string of the molecule is C#CCNCC(C)Oc1ccc(C(F)(F)F)cc1. The molecule has 0 radical (unpaired) electrons. The predicted molar refractivity (Wildman–Crippen MR) is 63.2 cm³/mol. The van der Waals surface area contributed by atoms with Gasteiger partial charge in [0.05, 0.1) is 12.1 Å². The van der Waals surface area contributed by atoms with Crippen LogP contribution in [0.2, 0.25) is 0 Å². The molecule has 1 aromatic carbocycles. The van der Waals surface area contributed by atoms with Gasteiger partial charge in [0.2, 0.25) is 0 Å². The van der Waals surface area contributed by atoms with Crippen molar-refractivity contribution >= 4 is 0 Å². The van der Waals surface area contributed by atoms with Gasteiger partial charge in [-0.3, -0.25) is 0 Å². The maximum absolute atomic E-state index is 12.3. The molecule has 18 heavy (non-hydrogen) atoms. The van der Waals surface area contributed by atoms with Crippen molar-refractivity contribution in [3.63, 3.8) is 0 Å². The van der Waals surface area contributed by atoms with Crippen molar-refractivity contribution in [1.29, 1.82) is 0 Å². The van der Waals surface area contributed by atoms with Crippen LogP contribution in [0.15, 0.2) is 24.3 Å². The second-order valence-corrected chi connectivity index (χ2v) is 3.79. The maximum atomic E-state index is 12.3. The summed E-state index contributed by atoms with van der Waals surface area (Å²) in [6.45, 7) is 2.77. The molecular formula is C13H14F3NO. The largest absolute Gasteiger partial charge is 0.489 e. The Labute approximate surface area is 104 Å². The lowest BCUT2D eigenvalue weighted by molar-refractivity contribution is -0.137. The molecule has 1 unspecified atom stereocenters. The molecule has 1 N–H and O–H groups in total. The third kappa shape index (κ3) is 4.68. The van der Waals surface area contributed by atoms with E-state index in [9.17, 15) is 13.2 Å². The van der Waals surface area contributed by atoms with Crippen LogP contribution in [0.25, 0.3) is 0 Å². The van der Waals surface area contributed by atoms with Crippen molar-refractivity contribution < 1.29 is 17.9 Å². The van der Waals surface area contributed by atoms with E-state index in [2.05, 4.69) is 11.2 Å². The molecule has 0 aliphatic carbocycles. The number of hydrogen-bond donors (Lipinski definition) is 1. The fourth-order valence-electron chi connectivity index (χ4n) is 1.34. The number of halogens is 3. The Hall–Kier alpha value is -1.67. The molecular weight excluding hydrogens is 243 g/mol.